The summed E-state index contributed by atoms with van der Waals surface area (Å²) in [7, 11) is -1.46. The molecule has 3 rings (SSSR count). The van der Waals surface area contributed by atoms with Crippen molar-refractivity contribution in [2.24, 2.45) is 0 Å². The van der Waals surface area contributed by atoms with E-state index in [2.05, 4.69) is 10.3 Å². The van der Waals surface area contributed by atoms with Crippen molar-refractivity contribution in [2.45, 2.75) is 17.2 Å². The standard InChI is InChI=1S/C18H18N2O2S2/c1-19-11-18-20-17(12-23-18)15-7-9-16(10-8-15)24(21,22)13-14-5-3-2-4-6-14/h2-10,12,19H,11,13H2,1H3. The zero-order valence-corrected chi connectivity index (χ0v) is 14.9. The zero-order valence-electron chi connectivity index (χ0n) is 13.3. The van der Waals surface area contributed by atoms with E-state index in [1.165, 1.54) is 0 Å². The van der Waals surface area contributed by atoms with Gasteiger partial charge in [-0.15, -0.1) is 11.3 Å². The molecule has 4 nitrogen and oxygen atoms in total. The van der Waals surface area contributed by atoms with Crippen molar-refractivity contribution in [3.05, 3.63) is 70.5 Å². The van der Waals surface area contributed by atoms with Crippen LogP contribution in [0.4, 0.5) is 0 Å². The molecular weight excluding hydrogens is 340 g/mol. The Labute approximate surface area is 146 Å². The minimum atomic E-state index is -3.34. The van der Waals surface area contributed by atoms with Crippen molar-refractivity contribution in [1.82, 2.24) is 10.3 Å². The number of nitrogens with zero attached hydrogens (tertiary/aromatic N) is 1. The quantitative estimate of drug-likeness (QED) is 0.733. The number of hydrogen-bond donors (Lipinski definition) is 1. The Morgan fingerprint density at radius 2 is 1.75 bits per heavy atom. The van der Waals surface area contributed by atoms with E-state index in [9.17, 15) is 8.42 Å². The molecule has 0 saturated heterocycles. The Morgan fingerprint density at radius 3 is 2.42 bits per heavy atom. The van der Waals surface area contributed by atoms with Gasteiger partial charge >= 0.3 is 0 Å². The van der Waals surface area contributed by atoms with Crippen molar-refractivity contribution in [2.75, 3.05) is 7.05 Å². The highest BCUT2D eigenvalue weighted by Crippen LogP contribution is 2.24. The van der Waals surface area contributed by atoms with Crippen LogP contribution in [0.2, 0.25) is 0 Å². The molecule has 0 saturated carbocycles. The molecule has 0 radical (unpaired) electrons. The molecule has 2 aromatic carbocycles. The van der Waals surface area contributed by atoms with E-state index in [0.717, 1.165) is 28.4 Å². The second-order valence-corrected chi connectivity index (χ2v) is 8.36. The Balaban J connectivity index is 1.80. The highest BCUT2D eigenvalue weighted by atomic mass is 32.2. The highest BCUT2D eigenvalue weighted by molar-refractivity contribution is 7.90. The Kier molecular flexibility index (Phi) is 5.08. The van der Waals surface area contributed by atoms with E-state index >= 15 is 0 Å². The van der Waals surface area contributed by atoms with Gasteiger partial charge in [0.2, 0.25) is 0 Å². The number of sulfone groups is 1. The fraction of sp³-hybridized carbons (Fsp3) is 0.167. The van der Waals surface area contributed by atoms with E-state index in [1.807, 2.05) is 54.9 Å². The minimum absolute atomic E-state index is 0.0101. The molecular formula is C18H18N2O2S2. The fourth-order valence-corrected chi connectivity index (χ4v) is 4.55. The van der Waals surface area contributed by atoms with Gasteiger partial charge in [-0.1, -0.05) is 42.5 Å². The average molecular weight is 358 g/mol. The summed E-state index contributed by atoms with van der Waals surface area (Å²) in [5.74, 6) is 0.0101. The van der Waals surface area contributed by atoms with Gasteiger partial charge < -0.3 is 5.32 Å². The number of thiazole rings is 1. The normalized spacial score (nSPS) is 11.5. The molecule has 0 amide bonds. The topological polar surface area (TPSA) is 59.1 Å². The largest absolute Gasteiger partial charge is 0.314 e. The zero-order chi connectivity index (χ0) is 17.0. The van der Waals surface area contributed by atoms with Gasteiger partial charge in [0, 0.05) is 17.5 Å². The lowest BCUT2D eigenvalue weighted by Crippen LogP contribution is -2.05. The number of aromatic nitrogens is 1. The van der Waals surface area contributed by atoms with Crippen LogP contribution in [0.1, 0.15) is 10.6 Å². The summed E-state index contributed by atoms with van der Waals surface area (Å²) in [6.07, 6.45) is 0. The molecule has 0 fully saturated rings. The van der Waals surface area contributed by atoms with Crippen LogP contribution in [0.15, 0.2) is 64.9 Å². The number of nitrogens with one attached hydrogen (secondary N) is 1. The third-order valence-electron chi connectivity index (χ3n) is 3.59. The summed E-state index contributed by atoms with van der Waals surface area (Å²) in [6.45, 7) is 0.730. The maximum atomic E-state index is 12.5. The Bertz CT molecular complexity index is 902. The van der Waals surface area contributed by atoms with Gasteiger partial charge in [0.25, 0.3) is 0 Å². The third-order valence-corrected chi connectivity index (χ3v) is 6.14. The fourth-order valence-electron chi connectivity index (χ4n) is 2.39. The Hall–Kier alpha value is -2.02. The van der Waals surface area contributed by atoms with E-state index < -0.39 is 9.84 Å². The maximum absolute atomic E-state index is 12.5. The molecule has 24 heavy (non-hydrogen) atoms. The van der Waals surface area contributed by atoms with E-state index in [-0.39, 0.29) is 5.75 Å². The number of rotatable bonds is 6. The SMILES string of the molecule is CNCc1nc(-c2ccc(S(=O)(=O)Cc3ccccc3)cc2)cs1. The first-order valence-corrected chi connectivity index (χ1v) is 10.1. The molecule has 1 aromatic heterocycles. The molecule has 1 N–H and O–H groups in total. The van der Waals surface area contributed by atoms with Gasteiger partial charge in [-0.25, -0.2) is 13.4 Å². The van der Waals surface area contributed by atoms with Crippen molar-refractivity contribution in [3.63, 3.8) is 0 Å². The van der Waals surface area contributed by atoms with E-state index in [1.54, 1.807) is 23.5 Å². The number of hydrogen-bond acceptors (Lipinski definition) is 5. The Morgan fingerprint density at radius 1 is 1.04 bits per heavy atom. The lowest BCUT2D eigenvalue weighted by Gasteiger charge is -2.05. The summed E-state index contributed by atoms with van der Waals surface area (Å²) in [5.41, 5.74) is 2.59. The second kappa shape index (κ2) is 7.25. The molecule has 3 aromatic rings. The monoisotopic (exact) mass is 358 g/mol. The summed E-state index contributed by atoms with van der Waals surface area (Å²) >= 11 is 1.59. The molecule has 1 heterocycles. The minimum Gasteiger partial charge on any atom is -0.314 e. The smallest absolute Gasteiger partial charge is 0.182 e. The molecule has 0 unspecified atom stereocenters. The predicted octanol–water partition coefficient (Wildman–Crippen LogP) is 3.50. The van der Waals surface area contributed by atoms with Crippen LogP contribution in [0.25, 0.3) is 11.3 Å². The van der Waals surface area contributed by atoms with Gasteiger partial charge in [0.15, 0.2) is 9.84 Å². The summed E-state index contributed by atoms with van der Waals surface area (Å²) in [6, 6.07) is 16.2. The van der Waals surface area contributed by atoms with Crippen LogP contribution < -0.4 is 5.32 Å². The lowest BCUT2D eigenvalue weighted by atomic mass is 10.2. The summed E-state index contributed by atoms with van der Waals surface area (Å²) < 4.78 is 25.0. The predicted molar refractivity (Wildman–Crippen MR) is 97.6 cm³/mol. The van der Waals surface area contributed by atoms with Crippen LogP contribution in [0.5, 0.6) is 0 Å². The van der Waals surface area contributed by atoms with Gasteiger partial charge in [-0.3, -0.25) is 0 Å². The molecule has 0 bridgehead atoms. The van der Waals surface area contributed by atoms with Gasteiger partial charge in [-0.05, 0) is 24.7 Å². The second-order valence-electron chi connectivity index (χ2n) is 5.43. The summed E-state index contributed by atoms with van der Waals surface area (Å²) in [4.78, 5) is 4.87. The first kappa shape index (κ1) is 16.8. The molecule has 0 aliphatic rings. The molecule has 6 heteroatoms. The van der Waals surface area contributed by atoms with Gasteiger partial charge in [0.1, 0.15) is 5.01 Å². The van der Waals surface area contributed by atoms with Crippen LogP contribution in [0, 0.1) is 0 Å². The van der Waals surface area contributed by atoms with Crippen molar-refractivity contribution in [3.8, 4) is 11.3 Å². The van der Waals surface area contributed by atoms with Crippen LogP contribution in [-0.4, -0.2) is 20.4 Å². The molecule has 124 valence electrons. The van der Waals surface area contributed by atoms with E-state index in [0.29, 0.717) is 4.90 Å². The lowest BCUT2D eigenvalue weighted by molar-refractivity contribution is 0.595. The van der Waals surface area contributed by atoms with Crippen LogP contribution in [-0.2, 0) is 22.1 Å². The van der Waals surface area contributed by atoms with Crippen molar-refractivity contribution in [1.29, 1.82) is 0 Å². The first-order chi connectivity index (χ1) is 11.6. The molecule has 0 atom stereocenters. The van der Waals surface area contributed by atoms with Crippen LogP contribution in [0.3, 0.4) is 0 Å². The van der Waals surface area contributed by atoms with Crippen molar-refractivity contribution >= 4 is 21.2 Å². The highest BCUT2D eigenvalue weighted by Gasteiger charge is 2.15. The number of benzene rings is 2. The van der Waals surface area contributed by atoms with Gasteiger partial charge in [-0.2, -0.15) is 0 Å². The molecule has 0 aliphatic carbocycles. The van der Waals surface area contributed by atoms with Crippen LogP contribution >= 0.6 is 11.3 Å². The third kappa shape index (κ3) is 3.90. The van der Waals surface area contributed by atoms with Gasteiger partial charge in [0.05, 0.1) is 16.3 Å². The maximum Gasteiger partial charge on any atom is 0.182 e. The molecule has 0 aliphatic heterocycles. The first-order valence-electron chi connectivity index (χ1n) is 7.54. The molecule has 0 spiro atoms. The van der Waals surface area contributed by atoms with Crippen molar-refractivity contribution < 1.29 is 8.42 Å². The average Bonchev–Trinajstić information content (AvgIpc) is 3.05. The van der Waals surface area contributed by atoms with E-state index in [4.69, 9.17) is 0 Å². The summed E-state index contributed by atoms with van der Waals surface area (Å²) in [5, 5.41) is 6.06.